The normalized spacial score (nSPS) is 13.5. The van der Waals surface area contributed by atoms with Gasteiger partial charge in [0.1, 0.15) is 10.7 Å². The summed E-state index contributed by atoms with van der Waals surface area (Å²) in [5, 5.41) is 5.81. The Morgan fingerprint density at radius 1 is 1.14 bits per heavy atom. The number of carbonyl (C=O) groups is 3. The minimum absolute atomic E-state index is 0.200. The molecule has 1 aromatic carbocycles. The number of aromatic nitrogens is 1. The summed E-state index contributed by atoms with van der Waals surface area (Å²) in [6, 6.07) is 4.46. The number of nitrogens with zero attached hydrogens (tertiary/aromatic N) is 4. The molecule has 3 rings (SSSR count). The zero-order valence-electron chi connectivity index (χ0n) is 19.5. The lowest BCUT2D eigenvalue weighted by Crippen LogP contribution is -2.50. The van der Waals surface area contributed by atoms with Gasteiger partial charge < -0.3 is 29.5 Å². The summed E-state index contributed by atoms with van der Waals surface area (Å²) in [4.78, 5) is 46.9. The van der Waals surface area contributed by atoms with Gasteiger partial charge in [-0.2, -0.15) is 0 Å². The van der Waals surface area contributed by atoms with Gasteiger partial charge in [0, 0.05) is 50.9 Å². The fraction of sp³-hybridized carbons (Fsp3) is 0.455. The number of amides is 4. The van der Waals surface area contributed by atoms with Crippen LogP contribution in [0.4, 0.5) is 15.3 Å². The zero-order valence-corrected chi connectivity index (χ0v) is 21.8. The first kappa shape index (κ1) is 27.0. The standard InChI is InChI=1S/C22H27Cl2N5O5S/c1-3-34-22(32)28-8-6-27(7-9-28)20(30)18-14-35-19(26-18)13-29(10-11-33-2)21(31)25-15-4-5-16(23)17(24)12-15/h4-5,12,14H,3,6-11,13H2,1-2H3,(H,25,31). The Morgan fingerprint density at radius 2 is 1.86 bits per heavy atom. The van der Waals surface area contributed by atoms with Crippen LogP contribution in [0, 0.1) is 0 Å². The zero-order chi connectivity index (χ0) is 25.4. The molecular formula is C22H27Cl2N5O5S. The first-order valence-electron chi connectivity index (χ1n) is 11.0. The number of hydrogen-bond donors (Lipinski definition) is 1. The predicted molar refractivity (Wildman–Crippen MR) is 134 cm³/mol. The minimum Gasteiger partial charge on any atom is -0.450 e. The highest BCUT2D eigenvalue weighted by Crippen LogP contribution is 2.25. The molecule has 0 atom stereocenters. The van der Waals surface area contributed by atoms with E-state index >= 15 is 0 Å². The summed E-state index contributed by atoms with van der Waals surface area (Å²) in [6.45, 7) is 4.52. The lowest BCUT2D eigenvalue weighted by Gasteiger charge is -2.33. The van der Waals surface area contributed by atoms with Gasteiger partial charge in [0.25, 0.3) is 5.91 Å². The van der Waals surface area contributed by atoms with E-state index < -0.39 is 0 Å². The van der Waals surface area contributed by atoms with Crippen LogP contribution in [-0.2, 0) is 16.0 Å². The fourth-order valence-electron chi connectivity index (χ4n) is 3.34. The Bertz CT molecular complexity index is 1040. The molecule has 0 bridgehead atoms. The van der Waals surface area contributed by atoms with Crippen molar-refractivity contribution >= 4 is 58.3 Å². The largest absolute Gasteiger partial charge is 0.450 e. The molecule has 35 heavy (non-hydrogen) atoms. The van der Waals surface area contributed by atoms with E-state index in [9.17, 15) is 14.4 Å². The Labute approximate surface area is 217 Å². The van der Waals surface area contributed by atoms with Crippen molar-refractivity contribution in [2.45, 2.75) is 13.5 Å². The maximum absolute atomic E-state index is 12.9. The number of nitrogens with one attached hydrogen (secondary N) is 1. The second-order valence-electron chi connectivity index (χ2n) is 7.58. The molecule has 2 aromatic rings. The maximum Gasteiger partial charge on any atom is 0.409 e. The molecule has 2 heterocycles. The molecule has 1 N–H and O–H groups in total. The number of urea groups is 1. The number of piperazine rings is 1. The Hall–Kier alpha value is -2.60. The summed E-state index contributed by atoms with van der Waals surface area (Å²) < 4.78 is 10.1. The summed E-state index contributed by atoms with van der Waals surface area (Å²) in [5.74, 6) is -0.209. The van der Waals surface area contributed by atoms with E-state index in [-0.39, 0.29) is 24.6 Å². The van der Waals surface area contributed by atoms with Gasteiger partial charge in [-0.05, 0) is 25.1 Å². The van der Waals surface area contributed by atoms with Gasteiger partial charge in [0.05, 0.1) is 29.8 Å². The molecule has 1 fully saturated rings. The van der Waals surface area contributed by atoms with Crippen LogP contribution in [0.25, 0.3) is 0 Å². The molecule has 4 amide bonds. The van der Waals surface area contributed by atoms with E-state index in [4.69, 9.17) is 32.7 Å². The Kier molecular flexibility index (Phi) is 9.96. The molecule has 0 unspecified atom stereocenters. The van der Waals surface area contributed by atoms with Crippen LogP contribution in [0.1, 0.15) is 22.4 Å². The fourth-order valence-corrected chi connectivity index (χ4v) is 4.42. The first-order chi connectivity index (χ1) is 16.8. The monoisotopic (exact) mass is 543 g/mol. The summed E-state index contributed by atoms with van der Waals surface area (Å²) in [5.41, 5.74) is 0.815. The van der Waals surface area contributed by atoms with Crippen LogP contribution in [0.5, 0.6) is 0 Å². The molecule has 10 nitrogen and oxygen atoms in total. The molecule has 0 aliphatic carbocycles. The van der Waals surface area contributed by atoms with Gasteiger partial charge >= 0.3 is 12.1 Å². The first-order valence-corrected chi connectivity index (χ1v) is 12.6. The van der Waals surface area contributed by atoms with E-state index in [1.165, 1.54) is 16.2 Å². The van der Waals surface area contributed by atoms with E-state index in [1.807, 2.05) is 0 Å². The van der Waals surface area contributed by atoms with Crippen molar-refractivity contribution in [3.8, 4) is 0 Å². The summed E-state index contributed by atoms with van der Waals surface area (Å²) in [6.07, 6.45) is -0.370. The molecule has 1 aromatic heterocycles. The van der Waals surface area contributed by atoms with Crippen molar-refractivity contribution in [2.75, 3.05) is 58.4 Å². The van der Waals surface area contributed by atoms with E-state index in [2.05, 4.69) is 10.3 Å². The van der Waals surface area contributed by atoms with Crippen LogP contribution in [0.3, 0.4) is 0 Å². The van der Waals surface area contributed by atoms with Crippen molar-refractivity contribution < 1.29 is 23.9 Å². The van der Waals surface area contributed by atoms with Crippen molar-refractivity contribution in [3.63, 3.8) is 0 Å². The van der Waals surface area contributed by atoms with Gasteiger partial charge in [-0.3, -0.25) is 4.79 Å². The SMILES string of the molecule is CCOC(=O)N1CCN(C(=O)c2csc(CN(CCOC)C(=O)Nc3ccc(Cl)c(Cl)c3)n2)CC1. The number of carbonyl (C=O) groups excluding carboxylic acids is 3. The molecule has 190 valence electrons. The number of hydrogen-bond acceptors (Lipinski definition) is 7. The molecule has 1 aliphatic rings. The van der Waals surface area contributed by atoms with Gasteiger partial charge in [0.15, 0.2) is 0 Å². The highest BCUT2D eigenvalue weighted by Gasteiger charge is 2.27. The number of halogens is 2. The molecule has 0 saturated carbocycles. The summed E-state index contributed by atoms with van der Waals surface area (Å²) in [7, 11) is 1.55. The van der Waals surface area contributed by atoms with E-state index in [0.717, 1.165) is 0 Å². The second-order valence-corrected chi connectivity index (χ2v) is 9.34. The van der Waals surface area contributed by atoms with Crippen molar-refractivity contribution in [3.05, 3.63) is 44.3 Å². The lowest BCUT2D eigenvalue weighted by atomic mass is 10.3. The van der Waals surface area contributed by atoms with E-state index in [0.29, 0.717) is 72.4 Å². The molecule has 1 saturated heterocycles. The van der Waals surface area contributed by atoms with Gasteiger partial charge in [-0.1, -0.05) is 23.2 Å². The average molecular weight is 544 g/mol. The van der Waals surface area contributed by atoms with Crippen LogP contribution < -0.4 is 5.32 Å². The molecule has 13 heteroatoms. The molecule has 1 aliphatic heterocycles. The van der Waals surface area contributed by atoms with Crippen molar-refractivity contribution in [1.29, 1.82) is 0 Å². The predicted octanol–water partition coefficient (Wildman–Crippen LogP) is 4.04. The lowest BCUT2D eigenvalue weighted by molar-refractivity contribution is 0.0566. The number of benzene rings is 1. The maximum atomic E-state index is 12.9. The van der Waals surface area contributed by atoms with Crippen LogP contribution in [0.15, 0.2) is 23.6 Å². The third kappa shape index (κ3) is 7.44. The van der Waals surface area contributed by atoms with Gasteiger partial charge in [-0.25, -0.2) is 14.6 Å². The average Bonchev–Trinajstić information content (AvgIpc) is 3.32. The molecule has 0 spiro atoms. The Balaban J connectivity index is 1.61. The van der Waals surface area contributed by atoms with E-state index in [1.54, 1.807) is 47.4 Å². The van der Waals surface area contributed by atoms with Crippen molar-refractivity contribution in [2.24, 2.45) is 0 Å². The highest BCUT2D eigenvalue weighted by molar-refractivity contribution is 7.09. The minimum atomic E-state index is -0.370. The molecule has 0 radical (unpaired) electrons. The molecular weight excluding hydrogens is 517 g/mol. The number of methoxy groups -OCH3 is 1. The second kappa shape index (κ2) is 12.9. The Morgan fingerprint density at radius 3 is 2.51 bits per heavy atom. The number of rotatable bonds is 8. The third-order valence-electron chi connectivity index (χ3n) is 5.21. The van der Waals surface area contributed by atoms with Crippen LogP contribution >= 0.6 is 34.5 Å². The van der Waals surface area contributed by atoms with Crippen LogP contribution in [0.2, 0.25) is 10.0 Å². The topological polar surface area (TPSA) is 104 Å². The smallest absolute Gasteiger partial charge is 0.409 e. The summed E-state index contributed by atoms with van der Waals surface area (Å²) >= 11 is 13.3. The van der Waals surface area contributed by atoms with Gasteiger partial charge in [-0.15, -0.1) is 11.3 Å². The number of anilines is 1. The van der Waals surface area contributed by atoms with Crippen LogP contribution in [-0.4, -0.2) is 90.8 Å². The number of ether oxygens (including phenoxy) is 2. The highest BCUT2D eigenvalue weighted by atomic mass is 35.5. The van der Waals surface area contributed by atoms with Gasteiger partial charge in [0.2, 0.25) is 0 Å². The number of thiazole rings is 1. The third-order valence-corrected chi connectivity index (χ3v) is 6.79. The van der Waals surface area contributed by atoms with Crippen molar-refractivity contribution in [1.82, 2.24) is 19.7 Å². The quantitative estimate of drug-likeness (QED) is 0.538.